The lowest BCUT2D eigenvalue weighted by molar-refractivity contribution is 0.102. The topological polar surface area (TPSA) is 97.0 Å². The number of amides is 1. The van der Waals surface area contributed by atoms with Gasteiger partial charge in [0.25, 0.3) is 5.91 Å². The molecule has 0 unspecified atom stereocenters. The number of nitrogens with one attached hydrogen (secondary N) is 1. The Hall–Kier alpha value is -3.68. The van der Waals surface area contributed by atoms with Crippen LogP contribution in [0.1, 0.15) is 27.2 Å². The largest absolute Gasteiger partial charge is 0.494 e. The van der Waals surface area contributed by atoms with Crippen LogP contribution in [0.2, 0.25) is 5.02 Å². The molecule has 4 rings (SSSR count). The van der Waals surface area contributed by atoms with Gasteiger partial charge in [0.1, 0.15) is 17.0 Å². The average molecular weight is 464 g/mol. The number of pyridine rings is 1. The van der Waals surface area contributed by atoms with Crippen molar-refractivity contribution in [3.05, 3.63) is 87.7 Å². The zero-order chi connectivity index (χ0) is 23.5. The van der Waals surface area contributed by atoms with E-state index in [1.54, 1.807) is 56.6 Å². The molecule has 8 heteroatoms. The predicted octanol–water partition coefficient (Wildman–Crippen LogP) is 5.08. The quantitative estimate of drug-likeness (QED) is 0.430. The van der Waals surface area contributed by atoms with Crippen LogP contribution in [0.3, 0.4) is 0 Å². The van der Waals surface area contributed by atoms with Gasteiger partial charge in [-0.25, -0.2) is 4.99 Å². The fraction of sp³-hybridized carbons (Fsp3) is 0.160. The number of nitrogens with zero attached hydrogens (tertiary/aromatic N) is 2. The normalized spacial score (nSPS) is 11.6. The van der Waals surface area contributed by atoms with Gasteiger partial charge in [0.05, 0.1) is 30.1 Å². The second kappa shape index (κ2) is 9.44. The lowest BCUT2D eigenvalue weighted by Crippen LogP contribution is -2.22. The Kier molecular flexibility index (Phi) is 6.44. The number of aromatic nitrogens is 1. The zero-order valence-corrected chi connectivity index (χ0v) is 19.1. The number of benzene rings is 2. The first kappa shape index (κ1) is 22.5. The second-order valence-electron chi connectivity index (χ2n) is 7.46. The van der Waals surface area contributed by atoms with Gasteiger partial charge in [-0.1, -0.05) is 29.8 Å². The van der Waals surface area contributed by atoms with Crippen molar-refractivity contribution >= 4 is 39.9 Å². The molecule has 33 heavy (non-hydrogen) atoms. The van der Waals surface area contributed by atoms with Crippen molar-refractivity contribution in [2.24, 2.45) is 4.99 Å². The van der Waals surface area contributed by atoms with E-state index >= 15 is 0 Å². The fourth-order valence-corrected chi connectivity index (χ4v) is 3.59. The molecule has 0 atom stereocenters. The van der Waals surface area contributed by atoms with Crippen molar-refractivity contribution in [3.63, 3.8) is 0 Å². The summed E-state index contributed by atoms with van der Waals surface area (Å²) in [6, 6.07) is 14.1. The van der Waals surface area contributed by atoms with E-state index in [2.05, 4.69) is 15.3 Å². The molecule has 4 aromatic rings. The van der Waals surface area contributed by atoms with Crippen LogP contribution in [0.25, 0.3) is 11.0 Å². The molecule has 7 nitrogen and oxygen atoms in total. The van der Waals surface area contributed by atoms with Crippen molar-refractivity contribution in [3.8, 4) is 5.75 Å². The van der Waals surface area contributed by atoms with Gasteiger partial charge in [-0.3, -0.25) is 9.78 Å². The maximum atomic E-state index is 13.3. The number of ether oxygens (including phenoxy) is 1. The molecule has 168 valence electrons. The van der Waals surface area contributed by atoms with Crippen molar-refractivity contribution < 1.29 is 19.1 Å². The van der Waals surface area contributed by atoms with Crippen molar-refractivity contribution in [2.45, 2.75) is 20.5 Å². The van der Waals surface area contributed by atoms with Crippen LogP contribution in [-0.4, -0.2) is 23.1 Å². The highest BCUT2D eigenvalue weighted by Crippen LogP contribution is 2.29. The molecule has 0 fully saturated rings. The number of hydrogen-bond donors (Lipinski definition) is 2. The third kappa shape index (κ3) is 4.60. The van der Waals surface area contributed by atoms with Gasteiger partial charge in [0, 0.05) is 17.1 Å². The molecular formula is C25H22ClN3O4. The van der Waals surface area contributed by atoms with Crippen LogP contribution in [0.5, 0.6) is 5.75 Å². The number of carbonyl (C=O) groups excluding carboxylic acids is 1. The van der Waals surface area contributed by atoms with Crippen molar-refractivity contribution in [1.29, 1.82) is 0 Å². The molecular weight excluding hydrogens is 442 g/mol. The predicted molar refractivity (Wildman–Crippen MR) is 127 cm³/mol. The summed E-state index contributed by atoms with van der Waals surface area (Å²) in [5.74, 6) is 0.0739. The molecule has 2 heterocycles. The Morgan fingerprint density at radius 3 is 2.73 bits per heavy atom. The maximum absolute atomic E-state index is 13.3. The first-order chi connectivity index (χ1) is 15.9. The number of anilines is 1. The Labute approximate surface area is 195 Å². The van der Waals surface area contributed by atoms with Crippen LogP contribution < -0.4 is 15.6 Å². The van der Waals surface area contributed by atoms with E-state index in [9.17, 15) is 9.90 Å². The number of aliphatic hydroxyl groups is 1. The molecule has 0 aliphatic carbocycles. The number of hydrogen-bond acceptors (Lipinski definition) is 6. The molecule has 0 bridgehead atoms. The lowest BCUT2D eigenvalue weighted by atomic mass is 10.1. The van der Waals surface area contributed by atoms with E-state index in [0.717, 1.165) is 5.56 Å². The number of aliphatic hydroxyl groups excluding tert-OH is 1. The van der Waals surface area contributed by atoms with E-state index in [-0.39, 0.29) is 17.7 Å². The molecule has 0 spiro atoms. The van der Waals surface area contributed by atoms with Crippen LogP contribution >= 0.6 is 11.6 Å². The van der Waals surface area contributed by atoms with Crippen molar-refractivity contribution in [1.82, 2.24) is 4.98 Å². The lowest BCUT2D eigenvalue weighted by Gasteiger charge is -2.11. The highest BCUT2D eigenvalue weighted by molar-refractivity contribution is 6.33. The second-order valence-corrected chi connectivity index (χ2v) is 7.86. The fourth-order valence-electron chi connectivity index (χ4n) is 3.41. The number of para-hydroxylation sites is 1. The monoisotopic (exact) mass is 463 g/mol. The highest BCUT2D eigenvalue weighted by Gasteiger charge is 2.18. The number of methoxy groups -OCH3 is 1. The molecule has 0 aliphatic heterocycles. The van der Waals surface area contributed by atoms with Gasteiger partial charge in [-0.2, -0.15) is 0 Å². The number of rotatable bonds is 5. The molecule has 1 amide bonds. The summed E-state index contributed by atoms with van der Waals surface area (Å²) in [6.07, 6.45) is 1.56. The highest BCUT2D eigenvalue weighted by atomic mass is 35.5. The number of fused-ring (bicyclic) bond motifs is 1. The molecule has 2 N–H and O–H groups in total. The smallest absolute Gasteiger partial charge is 0.261 e. The molecule has 0 saturated heterocycles. The van der Waals surface area contributed by atoms with E-state index < -0.39 is 5.91 Å². The molecule has 0 radical (unpaired) electrons. The van der Waals surface area contributed by atoms with Gasteiger partial charge in [0.2, 0.25) is 5.55 Å². The van der Waals surface area contributed by atoms with Crippen LogP contribution in [0.4, 0.5) is 11.4 Å². The SMILES string of the molecule is COc1ccc(C)cc1N=c1oc2c(C)ncc(CO)c2cc1C(=O)Nc1ccccc1Cl. The molecule has 0 aliphatic rings. The van der Waals surface area contributed by atoms with Gasteiger partial charge in [-0.05, 0) is 49.7 Å². The summed E-state index contributed by atoms with van der Waals surface area (Å²) in [4.78, 5) is 22.2. The van der Waals surface area contributed by atoms with E-state index in [0.29, 0.717) is 44.4 Å². The first-order valence-corrected chi connectivity index (χ1v) is 10.6. The van der Waals surface area contributed by atoms with Crippen LogP contribution in [-0.2, 0) is 6.61 Å². The first-order valence-electron chi connectivity index (χ1n) is 10.2. The summed E-state index contributed by atoms with van der Waals surface area (Å²) in [6.45, 7) is 3.46. The number of halogens is 1. The number of carbonyl (C=O) groups is 1. The van der Waals surface area contributed by atoms with Crippen LogP contribution in [0.15, 0.2) is 64.1 Å². The Balaban J connectivity index is 1.98. The minimum absolute atomic E-state index is 0.0796. The summed E-state index contributed by atoms with van der Waals surface area (Å²) >= 11 is 6.23. The van der Waals surface area contributed by atoms with Gasteiger partial charge in [0.15, 0.2) is 5.58 Å². The Morgan fingerprint density at radius 2 is 2.00 bits per heavy atom. The number of aryl methyl sites for hydroxylation is 2. The minimum atomic E-state index is -0.461. The van der Waals surface area contributed by atoms with E-state index in [1.807, 2.05) is 19.1 Å². The standard InChI is InChI=1S/C25H22ClN3O4/c1-14-8-9-22(32-3)21(10-14)29-25-18(24(31)28-20-7-5-4-6-19(20)26)11-17-16(13-30)12-27-15(2)23(17)33-25/h4-12,30H,13H2,1-3H3,(H,28,31). The average Bonchev–Trinajstić information content (AvgIpc) is 2.81. The van der Waals surface area contributed by atoms with Crippen LogP contribution in [0, 0.1) is 13.8 Å². The Bertz CT molecular complexity index is 1430. The third-order valence-corrected chi connectivity index (χ3v) is 5.47. The van der Waals surface area contributed by atoms with E-state index in [4.69, 9.17) is 20.8 Å². The Morgan fingerprint density at radius 1 is 1.21 bits per heavy atom. The summed E-state index contributed by atoms with van der Waals surface area (Å²) < 4.78 is 11.5. The molecule has 2 aromatic carbocycles. The van der Waals surface area contributed by atoms with Gasteiger partial charge in [-0.15, -0.1) is 0 Å². The maximum Gasteiger partial charge on any atom is 0.261 e. The summed E-state index contributed by atoms with van der Waals surface area (Å²) in [7, 11) is 1.55. The van der Waals surface area contributed by atoms with Crippen molar-refractivity contribution in [2.75, 3.05) is 12.4 Å². The minimum Gasteiger partial charge on any atom is -0.494 e. The van der Waals surface area contributed by atoms with E-state index in [1.165, 1.54) is 0 Å². The summed E-state index contributed by atoms with van der Waals surface area (Å²) in [5, 5.41) is 13.6. The zero-order valence-electron chi connectivity index (χ0n) is 18.3. The van der Waals surface area contributed by atoms with Gasteiger partial charge < -0.3 is 19.6 Å². The summed E-state index contributed by atoms with van der Waals surface area (Å²) in [5.41, 5.74) is 3.76. The third-order valence-electron chi connectivity index (χ3n) is 5.14. The molecule has 2 aromatic heterocycles. The molecule has 0 saturated carbocycles. The van der Waals surface area contributed by atoms with Gasteiger partial charge >= 0.3 is 0 Å².